The van der Waals surface area contributed by atoms with Gasteiger partial charge in [-0.05, 0) is 36.8 Å². The van der Waals surface area contributed by atoms with Crippen LogP contribution < -0.4 is 4.90 Å². The SMILES string of the molecule is CC(N1CCN(c2n[nH]c3cc(F)ccc23)CC1)N1C2(Cc3ccccc3C13OC(=O)C=CC(=O)O3)OC(=O)C=CC(=O)O2. The number of rotatable bonds is 3. The molecule has 1 N–H and O–H groups in total. The van der Waals surface area contributed by atoms with E-state index in [1.165, 1.54) is 17.0 Å². The lowest BCUT2D eigenvalue weighted by molar-refractivity contribution is -0.414. The average molecular weight is 604 g/mol. The van der Waals surface area contributed by atoms with Gasteiger partial charge in [0.05, 0.1) is 23.7 Å². The van der Waals surface area contributed by atoms with Crippen LogP contribution in [0.1, 0.15) is 18.1 Å². The third kappa shape index (κ3) is 4.50. The topological polar surface area (TPSA) is 144 Å². The molecule has 13 nitrogen and oxygen atoms in total. The van der Waals surface area contributed by atoms with Gasteiger partial charge < -0.3 is 23.8 Å². The Hall–Kier alpha value is -5.08. The van der Waals surface area contributed by atoms with Gasteiger partial charge in [0, 0.05) is 55.9 Å². The van der Waals surface area contributed by atoms with Crippen LogP contribution >= 0.6 is 0 Å². The fraction of sp³-hybridized carbons (Fsp3) is 0.300. The molecule has 226 valence electrons. The quantitative estimate of drug-likeness (QED) is 0.436. The van der Waals surface area contributed by atoms with Gasteiger partial charge in [0.15, 0.2) is 5.82 Å². The average Bonchev–Trinajstić information content (AvgIpc) is 3.27. The van der Waals surface area contributed by atoms with E-state index in [0.29, 0.717) is 48.6 Å². The van der Waals surface area contributed by atoms with Gasteiger partial charge in [-0.1, -0.05) is 18.2 Å². The third-order valence-electron chi connectivity index (χ3n) is 8.19. The summed E-state index contributed by atoms with van der Waals surface area (Å²) in [6.45, 7) is 3.55. The highest BCUT2D eigenvalue weighted by molar-refractivity contribution is 5.94. The zero-order chi connectivity index (χ0) is 30.6. The molecule has 0 saturated carbocycles. The van der Waals surface area contributed by atoms with Crippen LogP contribution in [0, 0.1) is 5.82 Å². The maximum Gasteiger partial charge on any atom is 0.356 e. The first-order valence-corrected chi connectivity index (χ1v) is 14.0. The molecule has 5 heterocycles. The number of halogens is 1. The predicted octanol–water partition coefficient (Wildman–Crippen LogP) is 1.80. The Morgan fingerprint density at radius 1 is 0.841 bits per heavy atom. The van der Waals surface area contributed by atoms with Crippen molar-refractivity contribution < 1.29 is 42.5 Å². The Labute approximate surface area is 249 Å². The largest absolute Gasteiger partial charge is 0.404 e. The molecule has 4 aliphatic rings. The summed E-state index contributed by atoms with van der Waals surface area (Å²) in [5.41, 5.74) is 1.34. The minimum Gasteiger partial charge on any atom is -0.404 e. The van der Waals surface area contributed by atoms with E-state index in [1.54, 1.807) is 37.3 Å². The number of aromatic amines is 1. The van der Waals surface area contributed by atoms with Gasteiger partial charge in [-0.25, -0.2) is 23.6 Å². The summed E-state index contributed by atoms with van der Waals surface area (Å²) in [5.74, 6) is -7.69. The second-order valence-electron chi connectivity index (χ2n) is 10.7. The van der Waals surface area contributed by atoms with Crippen molar-refractivity contribution in [3.63, 3.8) is 0 Å². The molecule has 14 heteroatoms. The lowest BCUT2D eigenvalue weighted by Crippen LogP contribution is -2.73. The number of esters is 4. The first-order chi connectivity index (χ1) is 21.2. The molecule has 0 radical (unpaired) electrons. The summed E-state index contributed by atoms with van der Waals surface area (Å²) in [7, 11) is 0. The fourth-order valence-corrected chi connectivity index (χ4v) is 6.30. The summed E-state index contributed by atoms with van der Waals surface area (Å²) in [6.07, 6.45) is 2.81. The number of H-pyrrole nitrogens is 1. The number of benzene rings is 2. The number of carbonyl (C=O) groups is 4. The fourth-order valence-electron chi connectivity index (χ4n) is 6.30. The number of nitrogens with one attached hydrogen (secondary N) is 1. The Balaban J connectivity index is 1.29. The number of anilines is 1. The molecule has 2 spiro atoms. The van der Waals surface area contributed by atoms with Crippen molar-refractivity contribution in [3.8, 4) is 0 Å². The number of fused-ring (bicyclic) bond motifs is 3. The summed E-state index contributed by atoms with van der Waals surface area (Å²) in [5, 5.41) is 8.04. The Kier molecular flexibility index (Phi) is 6.48. The van der Waals surface area contributed by atoms with Crippen LogP contribution in [-0.2, 0) is 50.5 Å². The minimum atomic E-state index is -2.28. The van der Waals surface area contributed by atoms with E-state index >= 15 is 0 Å². The molecule has 0 aliphatic carbocycles. The molecule has 0 amide bonds. The van der Waals surface area contributed by atoms with E-state index in [4.69, 9.17) is 18.9 Å². The van der Waals surface area contributed by atoms with Crippen LogP contribution in [0.25, 0.3) is 10.9 Å². The van der Waals surface area contributed by atoms with E-state index in [-0.39, 0.29) is 12.2 Å². The molecular weight excluding hydrogens is 577 g/mol. The van der Waals surface area contributed by atoms with Gasteiger partial charge in [-0.2, -0.15) is 5.10 Å². The number of ether oxygens (including phenoxy) is 4. The van der Waals surface area contributed by atoms with Gasteiger partial charge in [-0.15, -0.1) is 4.90 Å². The summed E-state index contributed by atoms with van der Waals surface area (Å²) in [4.78, 5) is 57.1. The van der Waals surface area contributed by atoms with Gasteiger partial charge >= 0.3 is 35.7 Å². The first kappa shape index (κ1) is 27.7. The number of carbonyl (C=O) groups excluding carboxylic acids is 4. The lowest BCUT2D eigenvalue weighted by atomic mass is 9.92. The second kappa shape index (κ2) is 10.3. The molecular formula is C30H26FN5O8. The van der Waals surface area contributed by atoms with Crippen LogP contribution in [0.4, 0.5) is 10.2 Å². The Morgan fingerprint density at radius 3 is 2.11 bits per heavy atom. The Morgan fingerprint density at radius 2 is 1.45 bits per heavy atom. The zero-order valence-corrected chi connectivity index (χ0v) is 23.4. The highest BCUT2D eigenvalue weighted by atomic mass is 19.1. The number of hydrogen-bond acceptors (Lipinski definition) is 12. The van der Waals surface area contributed by atoms with Crippen LogP contribution in [0.2, 0.25) is 0 Å². The highest BCUT2D eigenvalue weighted by Gasteiger charge is 2.67. The van der Waals surface area contributed by atoms with E-state index < -0.39 is 41.9 Å². The van der Waals surface area contributed by atoms with E-state index in [2.05, 4.69) is 10.2 Å². The number of aromatic nitrogens is 2. The van der Waals surface area contributed by atoms with Crippen molar-refractivity contribution in [1.82, 2.24) is 20.0 Å². The van der Waals surface area contributed by atoms with Crippen LogP contribution in [0.3, 0.4) is 0 Å². The normalized spacial score (nSPS) is 22.2. The summed E-state index contributed by atoms with van der Waals surface area (Å²) >= 11 is 0. The molecule has 3 aromatic rings. The first-order valence-electron chi connectivity index (χ1n) is 14.0. The summed E-state index contributed by atoms with van der Waals surface area (Å²) < 4.78 is 37.2. The molecule has 1 aromatic heterocycles. The second-order valence-corrected chi connectivity index (χ2v) is 10.7. The van der Waals surface area contributed by atoms with E-state index in [1.807, 2.05) is 9.80 Å². The van der Waals surface area contributed by atoms with Gasteiger partial charge in [0.25, 0.3) is 0 Å². The lowest BCUT2D eigenvalue weighted by Gasteiger charge is -2.56. The number of nitrogens with zero attached hydrogens (tertiary/aromatic N) is 4. The van der Waals surface area contributed by atoms with Crippen molar-refractivity contribution in [1.29, 1.82) is 0 Å². The molecule has 4 aliphatic heterocycles. The van der Waals surface area contributed by atoms with Crippen LogP contribution in [-0.4, -0.2) is 82.1 Å². The number of hydrogen-bond donors (Lipinski definition) is 1. The highest BCUT2D eigenvalue weighted by Crippen LogP contribution is 2.49. The minimum absolute atomic E-state index is 0.146. The van der Waals surface area contributed by atoms with Crippen molar-refractivity contribution in [3.05, 3.63) is 83.7 Å². The molecule has 1 fully saturated rings. The standard InChI is InChI=1S/C30H26FN5O8/c1-18(34-12-14-35(15-13-34)28-21-7-6-20(31)16-23(21)32-33-28)36-29(41-24(37)8-9-25(38)42-29)17-19-4-2-3-5-22(19)30(36)43-26(39)10-11-27(40)44-30/h2-11,16,18H,12-15,17H2,1H3,(H,32,33). The number of piperazine rings is 1. The molecule has 44 heavy (non-hydrogen) atoms. The molecule has 2 aromatic carbocycles. The van der Waals surface area contributed by atoms with Crippen molar-refractivity contribution in [2.75, 3.05) is 31.1 Å². The maximum atomic E-state index is 13.7. The van der Waals surface area contributed by atoms with Gasteiger partial charge in [0.2, 0.25) is 0 Å². The molecule has 7 rings (SSSR count). The molecule has 1 unspecified atom stereocenters. The maximum absolute atomic E-state index is 13.7. The Bertz CT molecular complexity index is 1720. The van der Waals surface area contributed by atoms with Crippen LogP contribution in [0.15, 0.2) is 66.8 Å². The molecule has 1 atom stereocenters. The predicted molar refractivity (Wildman–Crippen MR) is 148 cm³/mol. The smallest absolute Gasteiger partial charge is 0.356 e. The third-order valence-corrected chi connectivity index (χ3v) is 8.19. The van der Waals surface area contributed by atoms with E-state index in [9.17, 15) is 23.6 Å². The van der Waals surface area contributed by atoms with Gasteiger partial charge in [-0.3, -0.25) is 10.00 Å². The van der Waals surface area contributed by atoms with Crippen molar-refractivity contribution in [2.24, 2.45) is 0 Å². The molecule has 1 saturated heterocycles. The van der Waals surface area contributed by atoms with Crippen LogP contribution in [0.5, 0.6) is 0 Å². The van der Waals surface area contributed by atoms with Crippen molar-refractivity contribution >= 4 is 40.6 Å². The summed E-state index contributed by atoms with van der Waals surface area (Å²) in [6, 6.07) is 11.1. The molecule has 0 bridgehead atoms. The monoisotopic (exact) mass is 603 g/mol. The van der Waals surface area contributed by atoms with Crippen molar-refractivity contribution in [2.45, 2.75) is 31.3 Å². The zero-order valence-electron chi connectivity index (χ0n) is 23.4. The van der Waals surface area contributed by atoms with E-state index in [0.717, 1.165) is 29.7 Å². The van der Waals surface area contributed by atoms with Gasteiger partial charge in [0.1, 0.15) is 5.82 Å².